The van der Waals surface area contributed by atoms with Crippen LogP contribution < -0.4 is 9.62 Å². The molecule has 0 fully saturated rings. The minimum Gasteiger partial charge on any atom is -0.350 e. The first-order chi connectivity index (χ1) is 12.3. The van der Waals surface area contributed by atoms with Crippen molar-refractivity contribution in [2.24, 2.45) is 0 Å². The van der Waals surface area contributed by atoms with Crippen LogP contribution in [0, 0.1) is 6.92 Å². The SMILES string of the molecule is CCc1cccc(C)c1N(CCNC(=O)c1ccccc1Cl)S(C)(=O)=O. The van der Waals surface area contributed by atoms with Crippen molar-refractivity contribution in [3.8, 4) is 0 Å². The van der Waals surface area contributed by atoms with Crippen molar-refractivity contribution >= 4 is 33.2 Å². The summed E-state index contributed by atoms with van der Waals surface area (Å²) in [5.41, 5.74) is 2.88. The molecule has 0 spiro atoms. The van der Waals surface area contributed by atoms with Gasteiger partial charge in [-0.1, -0.05) is 48.9 Å². The zero-order valence-corrected chi connectivity index (χ0v) is 16.7. The van der Waals surface area contributed by atoms with Gasteiger partial charge < -0.3 is 5.32 Å². The van der Waals surface area contributed by atoms with Crippen LogP contribution >= 0.6 is 11.6 Å². The van der Waals surface area contributed by atoms with Crippen LogP contribution in [-0.2, 0) is 16.4 Å². The standard InChI is InChI=1S/C19H23ClN2O3S/c1-4-15-9-7-8-14(2)18(15)22(26(3,24)25)13-12-21-19(23)16-10-5-6-11-17(16)20/h5-11H,4,12-13H2,1-3H3,(H,21,23). The molecule has 2 aromatic rings. The van der Waals surface area contributed by atoms with Gasteiger partial charge in [-0.15, -0.1) is 0 Å². The number of hydrogen-bond acceptors (Lipinski definition) is 3. The fourth-order valence-corrected chi connectivity index (χ4v) is 4.05. The lowest BCUT2D eigenvalue weighted by Gasteiger charge is -2.26. The monoisotopic (exact) mass is 394 g/mol. The highest BCUT2D eigenvalue weighted by atomic mass is 35.5. The Morgan fingerprint density at radius 1 is 1.15 bits per heavy atom. The van der Waals surface area contributed by atoms with Gasteiger partial charge in [0.15, 0.2) is 0 Å². The third kappa shape index (κ3) is 4.77. The number of nitrogens with one attached hydrogen (secondary N) is 1. The Bertz CT molecular complexity index is 897. The Morgan fingerprint density at radius 3 is 2.46 bits per heavy atom. The molecule has 1 amide bonds. The van der Waals surface area contributed by atoms with Crippen LogP contribution in [0.25, 0.3) is 0 Å². The lowest BCUT2D eigenvalue weighted by molar-refractivity contribution is 0.0955. The van der Waals surface area contributed by atoms with E-state index in [9.17, 15) is 13.2 Å². The molecule has 0 atom stereocenters. The molecule has 1 N–H and O–H groups in total. The molecule has 0 aromatic heterocycles. The van der Waals surface area contributed by atoms with Crippen LogP contribution in [-0.4, -0.2) is 33.7 Å². The number of hydrogen-bond donors (Lipinski definition) is 1. The van der Waals surface area contributed by atoms with Gasteiger partial charge in [0.2, 0.25) is 10.0 Å². The Labute approximate surface area is 160 Å². The normalized spacial score (nSPS) is 11.2. The number of benzene rings is 2. The molecule has 0 aliphatic carbocycles. The summed E-state index contributed by atoms with van der Waals surface area (Å²) in [6.45, 7) is 4.19. The number of anilines is 1. The number of sulfonamides is 1. The molecule has 140 valence electrons. The Hall–Kier alpha value is -2.05. The second-order valence-corrected chi connectivity index (χ2v) is 8.32. The smallest absolute Gasteiger partial charge is 0.252 e. The van der Waals surface area contributed by atoms with E-state index in [4.69, 9.17) is 11.6 Å². The van der Waals surface area contributed by atoms with E-state index < -0.39 is 10.0 Å². The highest BCUT2D eigenvalue weighted by molar-refractivity contribution is 7.92. The maximum Gasteiger partial charge on any atom is 0.252 e. The van der Waals surface area contributed by atoms with Crippen molar-refractivity contribution < 1.29 is 13.2 Å². The number of rotatable bonds is 7. The van der Waals surface area contributed by atoms with Crippen molar-refractivity contribution in [3.63, 3.8) is 0 Å². The zero-order valence-electron chi connectivity index (χ0n) is 15.1. The van der Waals surface area contributed by atoms with E-state index in [0.29, 0.717) is 16.3 Å². The minimum absolute atomic E-state index is 0.146. The minimum atomic E-state index is -3.49. The first-order valence-corrected chi connectivity index (χ1v) is 10.6. The molecule has 26 heavy (non-hydrogen) atoms. The zero-order chi connectivity index (χ0) is 19.3. The molecular formula is C19H23ClN2O3S. The predicted octanol–water partition coefficient (Wildman–Crippen LogP) is 3.41. The fraction of sp³-hybridized carbons (Fsp3) is 0.316. The third-order valence-electron chi connectivity index (χ3n) is 4.07. The molecule has 0 aliphatic heterocycles. The summed E-state index contributed by atoms with van der Waals surface area (Å²) >= 11 is 6.02. The van der Waals surface area contributed by atoms with Crippen molar-refractivity contribution in [2.45, 2.75) is 20.3 Å². The number of amides is 1. The molecule has 0 unspecified atom stereocenters. The van der Waals surface area contributed by atoms with Gasteiger partial charge in [-0.2, -0.15) is 0 Å². The molecule has 5 nitrogen and oxygen atoms in total. The molecule has 7 heteroatoms. The van der Waals surface area contributed by atoms with E-state index in [2.05, 4.69) is 5.32 Å². The molecule has 0 aliphatic rings. The number of para-hydroxylation sites is 1. The van der Waals surface area contributed by atoms with Gasteiger partial charge in [0, 0.05) is 6.54 Å². The summed E-state index contributed by atoms with van der Waals surface area (Å²) in [6.07, 6.45) is 1.89. The van der Waals surface area contributed by atoms with Gasteiger partial charge in [0.1, 0.15) is 0 Å². The van der Waals surface area contributed by atoms with Gasteiger partial charge in [0.05, 0.1) is 29.1 Å². The van der Waals surface area contributed by atoms with Crippen molar-refractivity contribution in [1.29, 1.82) is 0 Å². The van der Waals surface area contributed by atoms with E-state index in [0.717, 1.165) is 17.5 Å². The average Bonchev–Trinajstić information content (AvgIpc) is 2.58. The summed E-state index contributed by atoms with van der Waals surface area (Å²) in [5, 5.41) is 3.10. The lowest BCUT2D eigenvalue weighted by atomic mass is 10.1. The van der Waals surface area contributed by atoms with Gasteiger partial charge in [-0.05, 0) is 36.6 Å². The van der Waals surface area contributed by atoms with Crippen LogP contribution in [0.3, 0.4) is 0 Å². The Kier molecular flexibility index (Phi) is 6.67. The summed E-state index contributed by atoms with van der Waals surface area (Å²) in [7, 11) is -3.49. The first kappa shape index (κ1) is 20.3. The Balaban J connectivity index is 2.19. The molecule has 0 radical (unpaired) electrons. The summed E-state index contributed by atoms with van der Waals surface area (Å²) in [4.78, 5) is 12.3. The van der Waals surface area contributed by atoms with Gasteiger partial charge >= 0.3 is 0 Å². The van der Waals surface area contributed by atoms with Gasteiger partial charge in [-0.3, -0.25) is 9.10 Å². The van der Waals surface area contributed by atoms with Crippen LogP contribution in [0.1, 0.15) is 28.4 Å². The first-order valence-electron chi connectivity index (χ1n) is 8.34. The number of halogens is 1. The highest BCUT2D eigenvalue weighted by Gasteiger charge is 2.22. The topological polar surface area (TPSA) is 66.5 Å². The Morgan fingerprint density at radius 2 is 1.85 bits per heavy atom. The molecule has 2 aromatic carbocycles. The number of aryl methyl sites for hydroxylation is 2. The number of carbonyl (C=O) groups is 1. The van der Waals surface area contributed by atoms with E-state index in [-0.39, 0.29) is 19.0 Å². The molecule has 0 heterocycles. The molecule has 0 bridgehead atoms. The molecular weight excluding hydrogens is 372 g/mol. The van der Waals surface area contributed by atoms with E-state index >= 15 is 0 Å². The summed E-state index contributed by atoms with van der Waals surface area (Å²) in [6, 6.07) is 12.5. The van der Waals surface area contributed by atoms with E-state index in [1.165, 1.54) is 10.6 Å². The maximum absolute atomic E-state index is 12.3. The van der Waals surface area contributed by atoms with Gasteiger partial charge in [-0.25, -0.2) is 8.42 Å². The van der Waals surface area contributed by atoms with Crippen LogP contribution in [0.4, 0.5) is 5.69 Å². The maximum atomic E-state index is 12.3. The molecule has 2 rings (SSSR count). The third-order valence-corrected chi connectivity index (χ3v) is 5.57. The van der Waals surface area contributed by atoms with Crippen LogP contribution in [0.5, 0.6) is 0 Å². The van der Waals surface area contributed by atoms with E-state index in [1.807, 2.05) is 32.0 Å². The molecule has 0 saturated carbocycles. The summed E-state index contributed by atoms with van der Waals surface area (Å²) in [5.74, 6) is -0.329. The second-order valence-electron chi connectivity index (χ2n) is 6.01. The van der Waals surface area contributed by atoms with Crippen molar-refractivity contribution in [1.82, 2.24) is 5.32 Å². The average molecular weight is 395 g/mol. The fourth-order valence-electron chi connectivity index (χ4n) is 2.82. The van der Waals surface area contributed by atoms with Gasteiger partial charge in [0.25, 0.3) is 5.91 Å². The van der Waals surface area contributed by atoms with Crippen LogP contribution in [0.15, 0.2) is 42.5 Å². The number of carbonyl (C=O) groups excluding carboxylic acids is 1. The number of nitrogens with zero attached hydrogens (tertiary/aromatic N) is 1. The van der Waals surface area contributed by atoms with E-state index in [1.54, 1.807) is 24.3 Å². The second kappa shape index (κ2) is 8.56. The largest absolute Gasteiger partial charge is 0.350 e. The highest BCUT2D eigenvalue weighted by Crippen LogP contribution is 2.27. The quantitative estimate of drug-likeness (QED) is 0.782. The van der Waals surface area contributed by atoms with Crippen molar-refractivity contribution in [3.05, 3.63) is 64.2 Å². The van der Waals surface area contributed by atoms with Crippen molar-refractivity contribution in [2.75, 3.05) is 23.7 Å². The van der Waals surface area contributed by atoms with Crippen LogP contribution in [0.2, 0.25) is 5.02 Å². The lowest BCUT2D eigenvalue weighted by Crippen LogP contribution is -2.39. The molecule has 0 saturated heterocycles. The predicted molar refractivity (Wildman–Crippen MR) is 107 cm³/mol. The summed E-state index contributed by atoms with van der Waals surface area (Å²) < 4.78 is 26.0.